The maximum atomic E-state index is 5.39. The molecule has 1 aromatic rings. The Morgan fingerprint density at radius 3 is 2.50 bits per heavy atom. The minimum atomic E-state index is 0.549. The van der Waals surface area contributed by atoms with Gasteiger partial charge in [-0.3, -0.25) is 0 Å². The van der Waals surface area contributed by atoms with E-state index in [1.54, 1.807) is 0 Å². The first-order valence-electron chi connectivity index (χ1n) is 7.49. The van der Waals surface area contributed by atoms with E-state index in [1.807, 2.05) is 11.8 Å². The van der Waals surface area contributed by atoms with Crippen LogP contribution in [0.25, 0.3) is 0 Å². The number of ether oxygens (including phenoxy) is 1. The second-order valence-electron chi connectivity index (χ2n) is 5.76. The number of thioether (sulfide) groups is 1. The fraction of sp³-hybridized carbons (Fsp3) is 0.625. The van der Waals surface area contributed by atoms with E-state index in [0.29, 0.717) is 4.75 Å². The molecule has 20 heavy (non-hydrogen) atoms. The van der Waals surface area contributed by atoms with Crippen LogP contribution < -0.4 is 10.2 Å². The molecule has 3 rings (SSSR count). The van der Waals surface area contributed by atoms with Crippen molar-refractivity contribution in [2.45, 2.75) is 24.1 Å². The zero-order valence-electron chi connectivity index (χ0n) is 12.2. The van der Waals surface area contributed by atoms with E-state index in [9.17, 15) is 0 Å². The molecule has 0 atom stereocenters. The van der Waals surface area contributed by atoms with Crippen molar-refractivity contribution in [2.24, 2.45) is 0 Å². The zero-order chi connectivity index (χ0) is 13.8. The third-order valence-corrected chi connectivity index (χ3v) is 5.75. The molecule has 0 spiro atoms. The molecule has 110 valence electrons. The SMILES string of the molecule is CSC1(CNCc2ccc(N3CCOCC3)cc2)CC1. The lowest BCUT2D eigenvalue weighted by atomic mass is 10.2. The molecule has 1 saturated carbocycles. The summed E-state index contributed by atoms with van der Waals surface area (Å²) >= 11 is 2.01. The Morgan fingerprint density at radius 2 is 1.90 bits per heavy atom. The lowest BCUT2D eigenvalue weighted by molar-refractivity contribution is 0.122. The smallest absolute Gasteiger partial charge is 0.0642 e. The van der Waals surface area contributed by atoms with Gasteiger partial charge in [-0.15, -0.1) is 0 Å². The van der Waals surface area contributed by atoms with Gasteiger partial charge in [0.05, 0.1) is 13.2 Å². The molecule has 0 aromatic heterocycles. The predicted octanol–water partition coefficient (Wildman–Crippen LogP) is 2.51. The zero-order valence-corrected chi connectivity index (χ0v) is 13.0. The first-order valence-corrected chi connectivity index (χ1v) is 8.71. The average molecular weight is 292 g/mol. The lowest BCUT2D eigenvalue weighted by Crippen LogP contribution is -2.36. The molecule has 2 aliphatic rings. The molecular formula is C16H24N2OS. The molecule has 1 aliphatic carbocycles. The number of hydrogen-bond acceptors (Lipinski definition) is 4. The highest BCUT2D eigenvalue weighted by Gasteiger charge is 2.41. The summed E-state index contributed by atoms with van der Waals surface area (Å²) in [5, 5.41) is 3.60. The van der Waals surface area contributed by atoms with Crippen LogP contribution in [0.2, 0.25) is 0 Å². The van der Waals surface area contributed by atoms with Crippen molar-refractivity contribution in [1.82, 2.24) is 5.32 Å². The Balaban J connectivity index is 1.48. The number of nitrogens with one attached hydrogen (secondary N) is 1. The molecule has 1 aliphatic heterocycles. The summed E-state index contributed by atoms with van der Waals surface area (Å²) in [5.41, 5.74) is 2.69. The van der Waals surface area contributed by atoms with E-state index in [0.717, 1.165) is 39.4 Å². The molecule has 0 radical (unpaired) electrons. The van der Waals surface area contributed by atoms with E-state index in [4.69, 9.17) is 4.74 Å². The number of nitrogens with zero attached hydrogens (tertiary/aromatic N) is 1. The summed E-state index contributed by atoms with van der Waals surface area (Å²) in [7, 11) is 0. The summed E-state index contributed by atoms with van der Waals surface area (Å²) in [4.78, 5) is 2.40. The second-order valence-corrected chi connectivity index (χ2v) is 7.03. The number of morpholine rings is 1. The van der Waals surface area contributed by atoms with E-state index in [2.05, 4.69) is 40.7 Å². The standard InChI is InChI=1S/C16H24N2OS/c1-20-16(6-7-16)13-17-12-14-2-4-15(5-3-14)18-8-10-19-11-9-18/h2-5,17H,6-13H2,1H3. The molecule has 0 bridgehead atoms. The molecule has 1 heterocycles. The summed E-state index contributed by atoms with van der Waals surface area (Å²) < 4.78 is 5.94. The number of rotatable bonds is 6. The Morgan fingerprint density at radius 1 is 1.20 bits per heavy atom. The van der Waals surface area contributed by atoms with Crippen LogP contribution in [0.4, 0.5) is 5.69 Å². The third-order valence-electron chi connectivity index (χ3n) is 4.33. The Hall–Kier alpha value is -0.710. The summed E-state index contributed by atoms with van der Waals surface area (Å²) in [5.74, 6) is 0. The van der Waals surface area contributed by atoms with Gasteiger partial charge in [0, 0.05) is 36.6 Å². The number of hydrogen-bond donors (Lipinski definition) is 1. The maximum absolute atomic E-state index is 5.39. The van der Waals surface area contributed by atoms with Crippen molar-refractivity contribution in [2.75, 3.05) is 44.0 Å². The molecular weight excluding hydrogens is 268 g/mol. The van der Waals surface area contributed by atoms with Gasteiger partial charge in [-0.05, 0) is 36.8 Å². The van der Waals surface area contributed by atoms with Gasteiger partial charge in [-0.1, -0.05) is 12.1 Å². The minimum Gasteiger partial charge on any atom is -0.378 e. The topological polar surface area (TPSA) is 24.5 Å². The van der Waals surface area contributed by atoms with Crippen LogP contribution in [0.5, 0.6) is 0 Å². The van der Waals surface area contributed by atoms with Crippen LogP contribution in [-0.4, -0.2) is 43.9 Å². The minimum absolute atomic E-state index is 0.549. The molecule has 0 unspecified atom stereocenters. The Labute approximate surface area is 126 Å². The number of anilines is 1. The molecule has 2 fully saturated rings. The molecule has 1 aromatic carbocycles. The van der Waals surface area contributed by atoms with Gasteiger partial charge in [-0.2, -0.15) is 11.8 Å². The molecule has 1 saturated heterocycles. The maximum Gasteiger partial charge on any atom is 0.0642 e. The van der Waals surface area contributed by atoms with Crippen LogP contribution in [-0.2, 0) is 11.3 Å². The monoisotopic (exact) mass is 292 g/mol. The lowest BCUT2D eigenvalue weighted by Gasteiger charge is -2.29. The second kappa shape index (κ2) is 6.37. The van der Waals surface area contributed by atoms with Crippen LogP contribution >= 0.6 is 11.8 Å². The van der Waals surface area contributed by atoms with Gasteiger partial charge < -0.3 is 15.0 Å². The fourth-order valence-corrected chi connectivity index (χ4v) is 3.43. The highest BCUT2D eigenvalue weighted by atomic mass is 32.2. The summed E-state index contributed by atoms with van der Waals surface area (Å²) in [6, 6.07) is 8.97. The third kappa shape index (κ3) is 3.48. The van der Waals surface area contributed by atoms with Gasteiger partial charge >= 0.3 is 0 Å². The number of benzene rings is 1. The normalized spacial score (nSPS) is 20.9. The first kappa shape index (κ1) is 14.2. The largest absolute Gasteiger partial charge is 0.378 e. The van der Waals surface area contributed by atoms with E-state index < -0.39 is 0 Å². The van der Waals surface area contributed by atoms with Crippen LogP contribution in [0.1, 0.15) is 18.4 Å². The average Bonchev–Trinajstić information content (AvgIpc) is 3.29. The fourth-order valence-electron chi connectivity index (χ4n) is 2.67. The van der Waals surface area contributed by atoms with Gasteiger partial charge in [0.2, 0.25) is 0 Å². The van der Waals surface area contributed by atoms with Crippen molar-refractivity contribution in [3.05, 3.63) is 29.8 Å². The van der Waals surface area contributed by atoms with Gasteiger partial charge in [-0.25, -0.2) is 0 Å². The van der Waals surface area contributed by atoms with Crippen molar-refractivity contribution >= 4 is 17.4 Å². The predicted molar refractivity (Wildman–Crippen MR) is 86.7 cm³/mol. The van der Waals surface area contributed by atoms with Crippen molar-refractivity contribution in [3.63, 3.8) is 0 Å². The molecule has 1 N–H and O–H groups in total. The Bertz CT molecular complexity index is 425. The van der Waals surface area contributed by atoms with Crippen LogP contribution in [0.15, 0.2) is 24.3 Å². The quantitative estimate of drug-likeness (QED) is 0.871. The van der Waals surface area contributed by atoms with Gasteiger partial charge in [0.25, 0.3) is 0 Å². The van der Waals surface area contributed by atoms with E-state index in [1.165, 1.54) is 24.1 Å². The van der Waals surface area contributed by atoms with Crippen molar-refractivity contribution in [3.8, 4) is 0 Å². The van der Waals surface area contributed by atoms with Crippen LogP contribution in [0, 0.1) is 0 Å². The van der Waals surface area contributed by atoms with Gasteiger partial charge in [0.1, 0.15) is 0 Å². The highest BCUT2D eigenvalue weighted by molar-refractivity contribution is 8.00. The van der Waals surface area contributed by atoms with E-state index >= 15 is 0 Å². The first-order chi connectivity index (χ1) is 9.81. The van der Waals surface area contributed by atoms with E-state index in [-0.39, 0.29) is 0 Å². The highest BCUT2D eigenvalue weighted by Crippen LogP contribution is 2.46. The summed E-state index contributed by atoms with van der Waals surface area (Å²) in [6.07, 6.45) is 4.97. The Kier molecular flexibility index (Phi) is 4.54. The van der Waals surface area contributed by atoms with Crippen molar-refractivity contribution < 1.29 is 4.74 Å². The van der Waals surface area contributed by atoms with Crippen LogP contribution in [0.3, 0.4) is 0 Å². The molecule has 0 amide bonds. The summed E-state index contributed by atoms with van der Waals surface area (Å²) in [6.45, 7) is 5.83. The molecule has 3 nitrogen and oxygen atoms in total. The molecule has 4 heteroatoms. The van der Waals surface area contributed by atoms with Gasteiger partial charge in [0.15, 0.2) is 0 Å². The van der Waals surface area contributed by atoms with Crippen molar-refractivity contribution in [1.29, 1.82) is 0 Å².